The molecule has 1 aliphatic carbocycles. The Hall–Kier alpha value is -6.52. The number of hydrogen-bond acceptors (Lipinski definition) is 4. The number of nitrogens with zero attached hydrogens (tertiary/aromatic N) is 2. The van der Waals surface area contributed by atoms with Crippen molar-refractivity contribution < 1.29 is 4.42 Å². The van der Waals surface area contributed by atoms with Crippen LogP contribution in [-0.2, 0) is 0 Å². The van der Waals surface area contributed by atoms with Gasteiger partial charge in [0, 0.05) is 21.9 Å². The van der Waals surface area contributed by atoms with Gasteiger partial charge in [-0.2, -0.15) is 0 Å². The average molecular weight is 656 g/mol. The van der Waals surface area contributed by atoms with Gasteiger partial charge >= 0.3 is 0 Å². The summed E-state index contributed by atoms with van der Waals surface area (Å²) in [7, 11) is 0. The van der Waals surface area contributed by atoms with Crippen molar-refractivity contribution in [1.82, 2.24) is 5.32 Å². The molecule has 0 bridgehead atoms. The van der Waals surface area contributed by atoms with Crippen LogP contribution >= 0.6 is 0 Å². The molecule has 242 valence electrons. The van der Waals surface area contributed by atoms with Crippen LogP contribution < -0.4 is 5.32 Å². The lowest BCUT2D eigenvalue weighted by Gasteiger charge is -2.25. The molecule has 0 saturated carbocycles. The molecule has 10 rings (SSSR count). The molecule has 0 amide bonds. The van der Waals surface area contributed by atoms with Gasteiger partial charge in [0.25, 0.3) is 0 Å². The predicted octanol–water partition coefficient (Wildman–Crippen LogP) is 11.9. The van der Waals surface area contributed by atoms with E-state index in [-0.39, 0.29) is 6.17 Å². The van der Waals surface area contributed by atoms with Crippen LogP contribution in [0.1, 0.15) is 30.1 Å². The van der Waals surface area contributed by atoms with Crippen LogP contribution in [0, 0.1) is 0 Å². The standard InChI is InChI=1S/C47H33N3O/c1-3-10-30(11-4-1)37-26-27-39-43(29-37)51-42-17-9-16-40(44(39)42)47-49-45(34-13-5-2-6-14-34)48-46(50-47)35-23-18-31(19-24-35)36-25-22-33-21-20-32-12-7-8-15-38(32)41(33)28-36/h1,3-5,7-29,46H,2,6H2,(H,48,49,50). The molecule has 2 heterocycles. The van der Waals surface area contributed by atoms with E-state index < -0.39 is 0 Å². The van der Waals surface area contributed by atoms with E-state index in [9.17, 15) is 0 Å². The van der Waals surface area contributed by atoms with Gasteiger partial charge in [0.05, 0.1) is 0 Å². The molecule has 4 nitrogen and oxygen atoms in total. The largest absolute Gasteiger partial charge is 0.456 e. The Bertz CT molecular complexity index is 2770. The SMILES string of the molecule is C1=CC(C2=NC(c3ccc(-c4ccc5ccc6ccccc6c5c4)cc3)NC(c3cccc4oc5cc(-c6ccccc6)ccc5c34)=N2)=CCC1. The predicted molar refractivity (Wildman–Crippen MR) is 212 cm³/mol. The quantitative estimate of drug-likeness (QED) is 0.188. The van der Waals surface area contributed by atoms with Gasteiger partial charge < -0.3 is 9.73 Å². The zero-order valence-electron chi connectivity index (χ0n) is 27.9. The molecular formula is C47H33N3O. The van der Waals surface area contributed by atoms with Crippen LogP contribution in [0.5, 0.6) is 0 Å². The Morgan fingerprint density at radius 2 is 1.31 bits per heavy atom. The van der Waals surface area contributed by atoms with Crippen molar-refractivity contribution in [1.29, 1.82) is 0 Å². The van der Waals surface area contributed by atoms with Crippen molar-refractivity contribution in [3.8, 4) is 22.3 Å². The Labute approximate surface area is 295 Å². The van der Waals surface area contributed by atoms with Gasteiger partial charge in [-0.1, -0.05) is 140 Å². The van der Waals surface area contributed by atoms with Crippen LogP contribution in [0.4, 0.5) is 0 Å². The van der Waals surface area contributed by atoms with Crippen molar-refractivity contribution in [2.75, 3.05) is 0 Å². The number of fused-ring (bicyclic) bond motifs is 6. The summed E-state index contributed by atoms with van der Waals surface area (Å²) >= 11 is 0. The number of aliphatic imine (C=N–C) groups is 2. The van der Waals surface area contributed by atoms with Gasteiger partial charge in [-0.3, -0.25) is 0 Å². The minimum absolute atomic E-state index is 0.309. The van der Waals surface area contributed by atoms with Crippen molar-refractivity contribution in [2.24, 2.45) is 9.98 Å². The average Bonchev–Trinajstić information content (AvgIpc) is 3.59. The highest BCUT2D eigenvalue weighted by Crippen LogP contribution is 2.36. The van der Waals surface area contributed by atoms with E-state index in [4.69, 9.17) is 14.4 Å². The maximum Gasteiger partial charge on any atom is 0.159 e. The molecule has 0 spiro atoms. The molecule has 1 aliphatic heterocycles. The van der Waals surface area contributed by atoms with Crippen LogP contribution in [0.3, 0.4) is 0 Å². The fourth-order valence-electron chi connectivity index (χ4n) is 7.54. The molecule has 1 unspecified atom stereocenters. The van der Waals surface area contributed by atoms with E-state index in [0.717, 1.165) is 74.3 Å². The molecule has 7 aromatic carbocycles. The molecule has 0 radical (unpaired) electrons. The maximum atomic E-state index is 6.47. The van der Waals surface area contributed by atoms with E-state index in [1.807, 2.05) is 18.2 Å². The van der Waals surface area contributed by atoms with E-state index in [1.54, 1.807) is 0 Å². The number of allylic oxidation sites excluding steroid dienone is 2. The minimum Gasteiger partial charge on any atom is -0.456 e. The minimum atomic E-state index is -0.309. The first kappa shape index (κ1) is 29.4. The van der Waals surface area contributed by atoms with Gasteiger partial charge in [-0.05, 0) is 86.5 Å². The molecule has 0 saturated heterocycles. The van der Waals surface area contributed by atoms with Gasteiger partial charge in [-0.15, -0.1) is 0 Å². The molecular weight excluding hydrogens is 623 g/mol. The fourth-order valence-corrected chi connectivity index (χ4v) is 7.54. The molecule has 1 atom stereocenters. The highest BCUT2D eigenvalue weighted by molar-refractivity contribution is 6.22. The first-order valence-electron chi connectivity index (χ1n) is 17.6. The van der Waals surface area contributed by atoms with Gasteiger partial charge in [-0.25, -0.2) is 9.98 Å². The third kappa shape index (κ3) is 5.24. The summed E-state index contributed by atoms with van der Waals surface area (Å²) < 4.78 is 6.47. The van der Waals surface area contributed by atoms with Gasteiger partial charge in [0.15, 0.2) is 5.84 Å². The number of amidine groups is 2. The first-order valence-corrected chi connectivity index (χ1v) is 17.6. The third-order valence-corrected chi connectivity index (χ3v) is 10.2. The summed E-state index contributed by atoms with van der Waals surface area (Å²) in [5.41, 5.74) is 9.48. The maximum absolute atomic E-state index is 6.47. The van der Waals surface area contributed by atoms with Crippen LogP contribution in [0.2, 0.25) is 0 Å². The van der Waals surface area contributed by atoms with Crippen molar-refractivity contribution in [2.45, 2.75) is 19.0 Å². The molecule has 0 fully saturated rings. The van der Waals surface area contributed by atoms with Crippen molar-refractivity contribution in [3.63, 3.8) is 0 Å². The Morgan fingerprint density at radius 1 is 0.569 bits per heavy atom. The highest BCUT2D eigenvalue weighted by atomic mass is 16.3. The zero-order valence-corrected chi connectivity index (χ0v) is 27.9. The second-order valence-electron chi connectivity index (χ2n) is 13.3. The summed E-state index contributed by atoms with van der Waals surface area (Å²) in [4.78, 5) is 10.3. The van der Waals surface area contributed by atoms with E-state index in [1.165, 1.54) is 32.7 Å². The molecule has 2 aliphatic rings. The van der Waals surface area contributed by atoms with Crippen LogP contribution in [0.15, 0.2) is 184 Å². The number of rotatable bonds is 5. The third-order valence-electron chi connectivity index (χ3n) is 10.2. The normalized spacial score (nSPS) is 15.9. The van der Waals surface area contributed by atoms with Crippen molar-refractivity contribution >= 4 is 55.2 Å². The van der Waals surface area contributed by atoms with E-state index >= 15 is 0 Å². The fraction of sp³-hybridized carbons (Fsp3) is 0.0638. The molecule has 8 aromatic rings. The zero-order chi connectivity index (χ0) is 33.7. The lowest BCUT2D eigenvalue weighted by molar-refractivity contribution is 0.668. The summed E-state index contributed by atoms with van der Waals surface area (Å²) in [5.74, 6) is 1.53. The van der Waals surface area contributed by atoms with E-state index in [2.05, 4.69) is 151 Å². The van der Waals surface area contributed by atoms with Crippen molar-refractivity contribution in [3.05, 3.63) is 181 Å². The molecule has 51 heavy (non-hydrogen) atoms. The molecule has 4 heteroatoms. The Morgan fingerprint density at radius 3 is 2.18 bits per heavy atom. The summed E-state index contributed by atoms with van der Waals surface area (Å²) in [6, 6.07) is 51.7. The monoisotopic (exact) mass is 655 g/mol. The van der Waals surface area contributed by atoms with Crippen LogP contribution in [0.25, 0.3) is 65.7 Å². The summed E-state index contributed by atoms with van der Waals surface area (Å²) in [6.07, 6.45) is 8.31. The lowest BCUT2D eigenvalue weighted by atomic mass is 9.96. The summed E-state index contributed by atoms with van der Waals surface area (Å²) in [5, 5.41) is 10.9. The number of nitrogens with one attached hydrogen (secondary N) is 1. The summed E-state index contributed by atoms with van der Waals surface area (Å²) in [6.45, 7) is 0. The second kappa shape index (κ2) is 12.1. The number of furan rings is 1. The number of hydrogen-bond donors (Lipinski definition) is 1. The van der Waals surface area contributed by atoms with Gasteiger partial charge in [0.1, 0.15) is 23.2 Å². The molecule has 1 N–H and O–H groups in total. The highest BCUT2D eigenvalue weighted by Gasteiger charge is 2.24. The van der Waals surface area contributed by atoms with E-state index in [0.29, 0.717) is 0 Å². The van der Waals surface area contributed by atoms with Gasteiger partial charge in [0.2, 0.25) is 0 Å². The smallest absolute Gasteiger partial charge is 0.159 e. The lowest BCUT2D eigenvalue weighted by Crippen LogP contribution is -2.33. The Balaban J connectivity index is 1.03. The van der Waals surface area contributed by atoms with Crippen LogP contribution in [-0.4, -0.2) is 11.7 Å². The Kier molecular flexibility index (Phi) is 6.98. The topological polar surface area (TPSA) is 49.9 Å². The first-order chi connectivity index (χ1) is 25.2. The molecule has 1 aromatic heterocycles. The second-order valence-corrected chi connectivity index (χ2v) is 13.3. The number of benzene rings is 7.